The van der Waals surface area contributed by atoms with Crippen LogP contribution in [0.5, 0.6) is 5.75 Å². The van der Waals surface area contributed by atoms with Crippen molar-refractivity contribution in [2.45, 2.75) is 0 Å². The van der Waals surface area contributed by atoms with Gasteiger partial charge in [0.05, 0.1) is 7.11 Å². The second-order valence-electron chi connectivity index (χ2n) is 2.59. The third kappa shape index (κ3) is 4.31. The molecule has 2 aromatic carbocycles. The highest BCUT2D eigenvalue weighted by Crippen LogP contribution is 2.05. The molecule has 0 aliphatic heterocycles. The van der Waals surface area contributed by atoms with Gasteiger partial charge in [-0.15, -0.1) is 0 Å². The highest BCUT2D eigenvalue weighted by Gasteiger charge is 1.80. The standard InChI is InChI=1S/C7H8O.C6H5/c1-8-7-5-3-2-4-6-7;1-2-4-6-5-3-1/h2-6H,1H3;1-5H. The fraction of sp³-hybridized carbons (Fsp3) is 0.0769. The maximum atomic E-state index is 4.91. The van der Waals surface area contributed by atoms with E-state index < -0.39 is 0 Å². The zero-order valence-electron chi connectivity index (χ0n) is 8.18. The first-order valence-electron chi connectivity index (χ1n) is 4.43. The zero-order valence-corrected chi connectivity index (χ0v) is 8.18. The third-order valence-electron chi connectivity index (χ3n) is 1.59. The molecule has 1 nitrogen and oxygen atoms in total. The molecule has 1 radical (unpaired) electrons. The van der Waals surface area contributed by atoms with E-state index in [1.807, 2.05) is 60.7 Å². The number of benzene rings is 2. The van der Waals surface area contributed by atoms with E-state index in [4.69, 9.17) is 4.74 Å². The van der Waals surface area contributed by atoms with E-state index in [9.17, 15) is 0 Å². The fourth-order valence-corrected chi connectivity index (χ4v) is 0.899. The Balaban J connectivity index is 0.000000146. The van der Waals surface area contributed by atoms with Crippen LogP contribution in [0.15, 0.2) is 60.7 Å². The summed E-state index contributed by atoms with van der Waals surface area (Å²) >= 11 is 0. The summed E-state index contributed by atoms with van der Waals surface area (Å²) in [7, 11) is 1.66. The molecular formula is C13H13O. The molecule has 0 fully saturated rings. The molecule has 0 heterocycles. The molecule has 0 N–H and O–H groups in total. The van der Waals surface area contributed by atoms with Crippen LogP contribution in [0.1, 0.15) is 0 Å². The number of rotatable bonds is 1. The topological polar surface area (TPSA) is 9.23 Å². The maximum absolute atomic E-state index is 4.91. The molecule has 71 valence electrons. The minimum absolute atomic E-state index is 0.910. The van der Waals surface area contributed by atoms with Gasteiger partial charge < -0.3 is 4.74 Å². The average molecular weight is 185 g/mol. The molecular weight excluding hydrogens is 172 g/mol. The Morgan fingerprint density at radius 3 is 1.71 bits per heavy atom. The van der Waals surface area contributed by atoms with Crippen molar-refractivity contribution in [2.24, 2.45) is 0 Å². The van der Waals surface area contributed by atoms with E-state index >= 15 is 0 Å². The lowest BCUT2D eigenvalue weighted by molar-refractivity contribution is 0.415. The minimum atomic E-state index is 0.910. The Morgan fingerprint density at radius 1 is 0.857 bits per heavy atom. The quantitative estimate of drug-likeness (QED) is 0.663. The zero-order chi connectivity index (χ0) is 10.1. The number of methoxy groups -OCH3 is 1. The molecule has 0 spiro atoms. The molecule has 0 aliphatic carbocycles. The Kier molecular flexibility index (Phi) is 4.96. The average Bonchev–Trinajstić information content (AvgIpc) is 2.33. The summed E-state index contributed by atoms with van der Waals surface area (Å²) < 4.78 is 4.91. The van der Waals surface area contributed by atoms with Crippen molar-refractivity contribution in [3.05, 3.63) is 66.7 Å². The van der Waals surface area contributed by atoms with Gasteiger partial charge in [0.2, 0.25) is 0 Å². The number of hydrogen-bond acceptors (Lipinski definition) is 1. The van der Waals surface area contributed by atoms with Gasteiger partial charge in [-0.2, -0.15) is 0 Å². The molecule has 2 aromatic rings. The molecule has 0 aliphatic rings. The predicted octanol–water partition coefficient (Wildman–Crippen LogP) is 3.18. The lowest BCUT2D eigenvalue weighted by Gasteiger charge is -1.93. The molecule has 0 atom stereocenters. The minimum Gasteiger partial charge on any atom is -0.497 e. The molecule has 0 saturated heterocycles. The highest BCUT2D eigenvalue weighted by molar-refractivity contribution is 5.20. The Bertz CT molecular complexity index is 289. The Labute approximate surface area is 85.0 Å². The van der Waals surface area contributed by atoms with Crippen molar-refractivity contribution in [1.82, 2.24) is 0 Å². The van der Waals surface area contributed by atoms with Gasteiger partial charge in [-0.3, -0.25) is 0 Å². The summed E-state index contributed by atoms with van der Waals surface area (Å²) in [5.74, 6) is 0.910. The van der Waals surface area contributed by atoms with Gasteiger partial charge in [0, 0.05) is 0 Å². The summed E-state index contributed by atoms with van der Waals surface area (Å²) in [5.41, 5.74) is 0. The normalized spacial score (nSPS) is 8.36. The van der Waals surface area contributed by atoms with Crippen LogP contribution in [-0.4, -0.2) is 7.11 Å². The molecule has 1 heteroatoms. The van der Waals surface area contributed by atoms with Gasteiger partial charge in [0.25, 0.3) is 0 Å². The van der Waals surface area contributed by atoms with E-state index in [0.29, 0.717) is 0 Å². The monoisotopic (exact) mass is 185 g/mol. The van der Waals surface area contributed by atoms with Crippen molar-refractivity contribution < 1.29 is 4.74 Å². The first-order chi connectivity index (χ1) is 6.93. The van der Waals surface area contributed by atoms with Crippen LogP contribution in [0.25, 0.3) is 0 Å². The SMILES string of the molecule is COc1ccccc1.[c]1ccccc1. The third-order valence-corrected chi connectivity index (χ3v) is 1.59. The van der Waals surface area contributed by atoms with E-state index in [0.717, 1.165) is 5.75 Å². The van der Waals surface area contributed by atoms with Crippen molar-refractivity contribution in [3.63, 3.8) is 0 Å². The fourth-order valence-electron chi connectivity index (χ4n) is 0.899. The first-order valence-corrected chi connectivity index (χ1v) is 4.43. The maximum Gasteiger partial charge on any atom is 0.118 e. The largest absolute Gasteiger partial charge is 0.497 e. The highest BCUT2D eigenvalue weighted by atomic mass is 16.5. The smallest absolute Gasteiger partial charge is 0.118 e. The molecule has 0 amide bonds. The number of para-hydroxylation sites is 1. The van der Waals surface area contributed by atoms with Gasteiger partial charge in [-0.05, 0) is 18.2 Å². The molecule has 0 bridgehead atoms. The van der Waals surface area contributed by atoms with Gasteiger partial charge in [-0.1, -0.05) is 48.5 Å². The molecule has 0 saturated carbocycles. The van der Waals surface area contributed by atoms with Crippen molar-refractivity contribution >= 4 is 0 Å². The van der Waals surface area contributed by atoms with Crippen LogP contribution in [0.3, 0.4) is 0 Å². The van der Waals surface area contributed by atoms with Crippen LogP contribution < -0.4 is 4.74 Å². The van der Waals surface area contributed by atoms with Crippen molar-refractivity contribution in [3.8, 4) is 5.75 Å². The first kappa shape index (κ1) is 10.3. The van der Waals surface area contributed by atoms with Crippen molar-refractivity contribution in [2.75, 3.05) is 7.11 Å². The number of ether oxygens (including phenoxy) is 1. The van der Waals surface area contributed by atoms with Crippen LogP contribution in [0.4, 0.5) is 0 Å². The van der Waals surface area contributed by atoms with E-state index in [1.54, 1.807) is 7.11 Å². The molecule has 14 heavy (non-hydrogen) atoms. The van der Waals surface area contributed by atoms with Crippen LogP contribution in [0.2, 0.25) is 0 Å². The van der Waals surface area contributed by atoms with Gasteiger partial charge in [0.15, 0.2) is 0 Å². The Hall–Kier alpha value is -1.76. The van der Waals surface area contributed by atoms with Gasteiger partial charge in [-0.25, -0.2) is 0 Å². The predicted molar refractivity (Wildman–Crippen MR) is 58.3 cm³/mol. The van der Waals surface area contributed by atoms with Gasteiger partial charge >= 0.3 is 0 Å². The summed E-state index contributed by atoms with van der Waals surface area (Å²) in [6.07, 6.45) is 0. The van der Waals surface area contributed by atoms with Crippen LogP contribution in [-0.2, 0) is 0 Å². The molecule has 0 aromatic heterocycles. The lowest BCUT2D eigenvalue weighted by Crippen LogP contribution is -1.78. The summed E-state index contributed by atoms with van der Waals surface area (Å²) in [4.78, 5) is 0. The van der Waals surface area contributed by atoms with E-state index in [1.165, 1.54) is 0 Å². The summed E-state index contributed by atoms with van der Waals surface area (Å²) in [6, 6.07) is 22.2. The lowest BCUT2D eigenvalue weighted by atomic mass is 10.3. The van der Waals surface area contributed by atoms with Crippen molar-refractivity contribution in [1.29, 1.82) is 0 Å². The van der Waals surface area contributed by atoms with Crippen LogP contribution >= 0.6 is 0 Å². The molecule has 2 rings (SSSR count). The second-order valence-corrected chi connectivity index (χ2v) is 2.59. The van der Waals surface area contributed by atoms with Crippen LogP contribution in [0, 0.1) is 6.07 Å². The Morgan fingerprint density at radius 2 is 1.43 bits per heavy atom. The number of hydrogen-bond donors (Lipinski definition) is 0. The summed E-state index contributed by atoms with van der Waals surface area (Å²) in [6.45, 7) is 0. The van der Waals surface area contributed by atoms with E-state index in [-0.39, 0.29) is 0 Å². The molecule has 0 unspecified atom stereocenters. The summed E-state index contributed by atoms with van der Waals surface area (Å²) in [5, 5.41) is 0. The second kappa shape index (κ2) is 6.72. The van der Waals surface area contributed by atoms with E-state index in [2.05, 4.69) is 6.07 Å². The van der Waals surface area contributed by atoms with Gasteiger partial charge in [0.1, 0.15) is 5.75 Å².